The minimum absolute atomic E-state index is 0.293. The second-order valence-corrected chi connectivity index (χ2v) is 5.96. The van der Waals surface area contributed by atoms with Crippen molar-refractivity contribution in [1.29, 1.82) is 0 Å². The van der Waals surface area contributed by atoms with Gasteiger partial charge in [-0.15, -0.1) is 0 Å². The van der Waals surface area contributed by atoms with E-state index in [1.54, 1.807) is 31.5 Å². The lowest BCUT2D eigenvalue weighted by atomic mass is 10.2. The van der Waals surface area contributed by atoms with E-state index >= 15 is 0 Å². The molecule has 1 heterocycles. The fourth-order valence-corrected chi connectivity index (χ4v) is 2.45. The van der Waals surface area contributed by atoms with Crippen LogP contribution in [0, 0.1) is 6.92 Å². The Balaban J connectivity index is 1.52. The Morgan fingerprint density at radius 2 is 1.85 bits per heavy atom. The molecule has 0 aliphatic rings. The lowest BCUT2D eigenvalue weighted by Crippen LogP contribution is -2.28. The third-order valence-electron chi connectivity index (χ3n) is 3.80. The van der Waals surface area contributed by atoms with Gasteiger partial charge in [0.05, 0.1) is 7.11 Å². The summed E-state index contributed by atoms with van der Waals surface area (Å²) in [6.45, 7) is 2.39. The fourth-order valence-electron chi connectivity index (χ4n) is 2.45. The standard InChI is InChI=1S/C21H21N3O3/c1-15-4-3-5-19(12-15)27-18-8-6-17(7-9-18)24-21(25)23-14-16-10-11-22-20(13-16)26-2/h3-13H,14H2,1-2H3,(H2,23,24,25). The maximum atomic E-state index is 12.1. The number of rotatable bonds is 6. The molecule has 0 bridgehead atoms. The van der Waals surface area contributed by atoms with Crippen molar-refractivity contribution in [1.82, 2.24) is 10.3 Å². The van der Waals surface area contributed by atoms with Crippen LogP contribution in [0.1, 0.15) is 11.1 Å². The number of nitrogens with one attached hydrogen (secondary N) is 2. The molecule has 0 saturated carbocycles. The number of benzene rings is 2. The van der Waals surface area contributed by atoms with Crippen LogP contribution < -0.4 is 20.1 Å². The van der Waals surface area contributed by atoms with E-state index in [1.807, 2.05) is 49.4 Å². The Kier molecular flexibility index (Phi) is 5.89. The Bertz CT molecular complexity index is 911. The van der Waals surface area contributed by atoms with Gasteiger partial charge in [-0.1, -0.05) is 12.1 Å². The van der Waals surface area contributed by atoms with Gasteiger partial charge < -0.3 is 20.1 Å². The van der Waals surface area contributed by atoms with Crippen molar-refractivity contribution >= 4 is 11.7 Å². The number of carbonyl (C=O) groups excluding carboxylic acids is 1. The highest BCUT2D eigenvalue weighted by Crippen LogP contribution is 2.23. The third-order valence-corrected chi connectivity index (χ3v) is 3.80. The molecule has 27 heavy (non-hydrogen) atoms. The molecule has 0 fully saturated rings. The van der Waals surface area contributed by atoms with Gasteiger partial charge >= 0.3 is 6.03 Å². The van der Waals surface area contributed by atoms with E-state index in [-0.39, 0.29) is 6.03 Å². The van der Waals surface area contributed by atoms with E-state index in [2.05, 4.69) is 15.6 Å². The van der Waals surface area contributed by atoms with E-state index in [9.17, 15) is 4.79 Å². The lowest BCUT2D eigenvalue weighted by Gasteiger charge is -2.10. The van der Waals surface area contributed by atoms with Gasteiger partial charge in [-0.2, -0.15) is 0 Å². The van der Waals surface area contributed by atoms with Gasteiger partial charge in [-0.05, 0) is 60.5 Å². The molecule has 3 aromatic rings. The van der Waals surface area contributed by atoms with Gasteiger partial charge in [0.2, 0.25) is 5.88 Å². The Morgan fingerprint density at radius 1 is 1.04 bits per heavy atom. The van der Waals surface area contributed by atoms with Crippen LogP contribution in [-0.2, 0) is 6.54 Å². The first kappa shape index (κ1) is 18.3. The number of pyridine rings is 1. The van der Waals surface area contributed by atoms with Crippen LogP contribution in [0.4, 0.5) is 10.5 Å². The zero-order chi connectivity index (χ0) is 19.1. The van der Waals surface area contributed by atoms with Crippen molar-refractivity contribution < 1.29 is 14.3 Å². The average molecular weight is 363 g/mol. The molecule has 2 aromatic carbocycles. The van der Waals surface area contributed by atoms with Crippen molar-refractivity contribution in [3.05, 3.63) is 78.0 Å². The summed E-state index contributed by atoms with van der Waals surface area (Å²) in [5.41, 5.74) is 2.71. The summed E-state index contributed by atoms with van der Waals surface area (Å²) in [4.78, 5) is 16.1. The van der Waals surface area contributed by atoms with Crippen molar-refractivity contribution in [2.75, 3.05) is 12.4 Å². The molecule has 2 amide bonds. The zero-order valence-corrected chi connectivity index (χ0v) is 15.2. The van der Waals surface area contributed by atoms with Crippen LogP contribution in [0.25, 0.3) is 0 Å². The van der Waals surface area contributed by atoms with Gasteiger partial charge in [-0.25, -0.2) is 9.78 Å². The van der Waals surface area contributed by atoms with E-state index < -0.39 is 0 Å². The van der Waals surface area contributed by atoms with Gasteiger partial charge in [0, 0.05) is 24.5 Å². The SMILES string of the molecule is COc1cc(CNC(=O)Nc2ccc(Oc3cccc(C)c3)cc2)ccn1. The van der Waals surface area contributed by atoms with Crippen LogP contribution >= 0.6 is 0 Å². The summed E-state index contributed by atoms with van der Waals surface area (Å²) < 4.78 is 10.9. The molecule has 138 valence electrons. The molecule has 2 N–H and O–H groups in total. The monoisotopic (exact) mass is 363 g/mol. The molecule has 0 unspecified atom stereocenters. The van der Waals surface area contributed by atoms with Crippen LogP contribution in [-0.4, -0.2) is 18.1 Å². The van der Waals surface area contributed by atoms with Crippen LogP contribution in [0.5, 0.6) is 17.4 Å². The molecule has 6 nitrogen and oxygen atoms in total. The topological polar surface area (TPSA) is 72.5 Å². The normalized spacial score (nSPS) is 10.1. The molecular weight excluding hydrogens is 342 g/mol. The highest BCUT2D eigenvalue weighted by Gasteiger charge is 2.04. The quantitative estimate of drug-likeness (QED) is 0.676. The summed E-state index contributed by atoms with van der Waals surface area (Å²) in [7, 11) is 1.55. The number of methoxy groups -OCH3 is 1. The molecule has 3 rings (SSSR count). The number of nitrogens with zero attached hydrogens (tertiary/aromatic N) is 1. The Morgan fingerprint density at radius 3 is 2.59 bits per heavy atom. The van der Waals surface area contributed by atoms with Crippen LogP contribution in [0.15, 0.2) is 66.9 Å². The molecule has 0 aliphatic heterocycles. The van der Waals surface area contributed by atoms with Crippen molar-refractivity contribution in [2.24, 2.45) is 0 Å². The summed E-state index contributed by atoms with van der Waals surface area (Å²) in [6.07, 6.45) is 1.64. The third kappa shape index (κ3) is 5.47. The number of ether oxygens (including phenoxy) is 2. The summed E-state index contributed by atoms with van der Waals surface area (Å²) in [5.74, 6) is 2.00. The van der Waals surface area contributed by atoms with E-state index in [0.717, 1.165) is 16.9 Å². The van der Waals surface area contributed by atoms with Gasteiger partial charge in [-0.3, -0.25) is 0 Å². The molecule has 0 atom stereocenters. The zero-order valence-electron chi connectivity index (χ0n) is 15.2. The second-order valence-electron chi connectivity index (χ2n) is 5.96. The first-order valence-corrected chi connectivity index (χ1v) is 8.51. The van der Waals surface area contributed by atoms with Gasteiger partial charge in [0.15, 0.2) is 0 Å². The summed E-state index contributed by atoms with van der Waals surface area (Å²) in [5, 5.41) is 5.58. The van der Waals surface area contributed by atoms with Crippen molar-refractivity contribution in [3.8, 4) is 17.4 Å². The largest absolute Gasteiger partial charge is 0.481 e. The highest BCUT2D eigenvalue weighted by molar-refractivity contribution is 5.89. The molecule has 0 radical (unpaired) electrons. The molecule has 6 heteroatoms. The minimum Gasteiger partial charge on any atom is -0.481 e. The number of amides is 2. The maximum absolute atomic E-state index is 12.1. The van der Waals surface area contributed by atoms with E-state index in [4.69, 9.17) is 9.47 Å². The summed E-state index contributed by atoms with van der Waals surface area (Å²) >= 11 is 0. The second kappa shape index (κ2) is 8.71. The molecular formula is C21H21N3O3. The number of carbonyl (C=O) groups is 1. The van der Waals surface area contributed by atoms with Gasteiger partial charge in [0.25, 0.3) is 0 Å². The predicted molar refractivity (Wildman–Crippen MR) is 104 cm³/mol. The minimum atomic E-state index is -0.293. The van der Waals surface area contributed by atoms with Crippen LogP contribution in [0.3, 0.4) is 0 Å². The molecule has 0 aliphatic carbocycles. The van der Waals surface area contributed by atoms with Crippen molar-refractivity contribution in [3.63, 3.8) is 0 Å². The highest BCUT2D eigenvalue weighted by atomic mass is 16.5. The van der Waals surface area contributed by atoms with E-state index in [0.29, 0.717) is 23.9 Å². The summed E-state index contributed by atoms with van der Waals surface area (Å²) in [6, 6.07) is 18.3. The number of hydrogen-bond acceptors (Lipinski definition) is 4. The van der Waals surface area contributed by atoms with Crippen molar-refractivity contribution in [2.45, 2.75) is 13.5 Å². The fraction of sp³-hybridized carbons (Fsp3) is 0.143. The first-order chi connectivity index (χ1) is 13.1. The molecule has 0 saturated heterocycles. The van der Waals surface area contributed by atoms with Gasteiger partial charge in [0.1, 0.15) is 11.5 Å². The molecule has 0 spiro atoms. The molecule has 1 aromatic heterocycles. The number of aromatic nitrogens is 1. The maximum Gasteiger partial charge on any atom is 0.319 e. The lowest BCUT2D eigenvalue weighted by molar-refractivity contribution is 0.251. The van der Waals surface area contributed by atoms with Crippen LogP contribution in [0.2, 0.25) is 0 Å². The number of anilines is 1. The first-order valence-electron chi connectivity index (χ1n) is 8.51. The Hall–Kier alpha value is -3.54. The number of hydrogen-bond donors (Lipinski definition) is 2. The number of aryl methyl sites for hydroxylation is 1. The Labute approximate surface area is 158 Å². The number of urea groups is 1. The smallest absolute Gasteiger partial charge is 0.319 e. The average Bonchev–Trinajstić information content (AvgIpc) is 2.68. The van der Waals surface area contributed by atoms with E-state index in [1.165, 1.54) is 0 Å². The predicted octanol–water partition coefficient (Wildman–Crippen LogP) is 4.51.